The van der Waals surface area contributed by atoms with Crippen molar-refractivity contribution in [3.63, 3.8) is 0 Å². The summed E-state index contributed by atoms with van der Waals surface area (Å²) < 4.78 is 36.2. The van der Waals surface area contributed by atoms with Crippen molar-refractivity contribution in [2.75, 3.05) is 13.1 Å². The smallest absolute Gasteiger partial charge is 0.343 e. The van der Waals surface area contributed by atoms with Crippen molar-refractivity contribution in [2.24, 2.45) is 0 Å². The second-order valence-electron chi connectivity index (χ2n) is 9.45. The lowest BCUT2D eigenvalue weighted by molar-refractivity contribution is -0.131. The summed E-state index contributed by atoms with van der Waals surface area (Å²) in [6.45, 7) is 8.29. The van der Waals surface area contributed by atoms with Crippen LogP contribution in [0.15, 0.2) is 0 Å². The van der Waals surface area contributed by atoms with Gasteiger partial charge >= 0.3 is 10.4 Å². The van der Waals surface area contributed by atoms with E-state index in [9.17, 15) is 13.2 Å². The highest BCUT2D eigenvalue weighted by molar-refractivity contribution is 7.80. The highest BCUT2D eigenvalue weighted by atomic mass is 32.3. The SMILES string of the molecule is CCCCCCCCC(CCCCCCCCC(=O)N(CCCC)CCCC)OS(=O)(=O)O. The van der Waals surface area contributed by atoms with E-state index in [1.54, 1.807) is 0 Å². The summed E-state index contributed by atoms with van der Waals surface area (Å²) in [5.41, 5.74) is 0. The summed E-state index contributed by atoms with van der Waals surface area (Å²) in [6, 6.07) is 0. The summed E-state index contributed by atoms with van der Waals surface area (Å²) in [5, 5.41) is 0. The van der Waals surface area contributed by atoms with Gasteiger partial charge in [-0.2, -0.15) is 8.42 Å². The number of hydrogen-bond donors (Lipinski definition) is 1. The topological polar surface area (TPSA) is 83.9 Å². The van der Waals surface area contributed by atoms with E-state index in [-0.39, 0.29) is 0 Å². The van der Waals surface area contributed by atoms with Gasteiger partial charge in [-0.15, -0.1) is 0 Å². The first-order valence-corrected chi connectivity index (χ1v) is 15.1. The summed E-state index contributed by atoms with van der Waals surface area (Å²) in [4.78, 5) is 14.5. The molecule has 0 radical (unpaired) electrons. The zero-order valence-electron chi connectivity index (χ0n) is 21.9. The number of carbonyl (C=O) groups excluding carboxylic acids is 1. The Kier molecular flexibility index (Phi) is 21.4. The van der Waals surface area contributed by atoms with E-state index < -0.39 is 16.5 Å². The molecule has 0 aromatic rings. The third-order valence-corrected chi connectivity index (χ3v) is 6.74. The minimum Gasteiger partial charge on any atom is -0.343 e. The van der Waals surface area contributed by atoms with Crippen LogP contribution in [0.4, 0.5) is 0 Å². The van der Waals surface area contributed by atoms with Gasteiger partial charge in [-0.25, -0.2) is 4.18 Å². The monoisotopic (exact) mass is 491 g/mol. The second kappa shape index (κ2) is 21.8. The van der Waals surface area contributed by atoms with Crippen LogP contribution in [-0.2, 0) is 19.4 Å². The molecule has 0 heterocycles. The van der Waals surface area contributed by atoms with Crippen molar-refractivity contribution in [1.29, 1.82) is 0 Å². The van der Waals surface area contributed by atoms with Crippen LogP contribution in [0.3, 0.4) is 0 Å². The molecule has 0 aliphatic rings. The fourth-order valence-electron chi connectivity index (χ4n) is 4.14. The normalized spacial score (nSPS) is 12.7. The molecular weight excluding hydrogens is 438 g/mol. The van der Waals surface area contributed by atoms with Crippen LogP contribution in [0.1, 0.15) is 143 Å². The Balaban J connectivity index is 3.99. The van der Waals surface area contributed by atoms with Crippen LogP contribution in [0.5, 0.6) is 0 Å². The highest BCUT2D eigenvalue weighted by Crippen LogP contribution is 2.18. The van der Waals surface area contributed by atoms with Crippen molar-refractivity contribution >= 4 is 16.3 Å². The standard InChI is InChI=1S/C26H53NO5S/c1-4-7-10-11-14-17-20-25(32-33(29,30)31)21-18-15-12-13-16-19-22-26(28)27(23-8-5-2)24-9-6-3/h25H,4-24H2,1-3H3,(H,29,30,31). The predicted molar refractivity (Wildman–Crippen MR) is 138 cm³/mol. The number of hydrogen-bond acceptors (Lipinski definition) is 4. The lowest BCUT2D eigenvalue weighted by Crippen LogP contribution is -2.32. The number of amides is 1. The third-order valence-electron chi connectivity index (χ3n) is 6.22. The molecule has 0 aliphatic carbocycles. The van der Waals surface area contributed by atoms with E-state index in [0.29, 0.717) is 25.2 Å². The van der Waals surface area contributed by atoms with Gasteiger partial charge in [0.25, 0.3) is 0 Å². The summed E-state index contributed by atoms with van der Waals surface area (Å²) in [6.07, 6.45) is 18.9. The van der Waals surface area contributed by atoms with Crippen LogP contribution in [0, 0.1) is 0 Å². The molecule has 7 heteroatoms. The Morgan fingerprint density at radius 3 is 1.58 bits per heavy atom. The molecule has 198 valence electrons. The molecule has 0 aliphatic heterocycles. The summed E-state index contributed by atoms with van der Waals surface area (Å²) in [5.74, 6) is 0.303. The second-order valence-corrected chi connectivity index (χ2v) is 10.5. The average molecular weight is 492 g/mol. The van der Waals surface area contributed by atoms with Gasteiger partial charge < -0.3 is 4.90 Å². The van der Waals surface area contributed by atoms with Crippen molar-refractivity contribution in [1.82, 2.24) is 4.90 Å². The first kappa shape index (κ1) is 32.3. The molecule has 1 N–H and O–H groups in total. The fourth-order valence-corrected chi connectivity index (χ4v) is 4.67. The van der Waals surface area contributed by atoms with Crippen LogP contribution in [0.2, 0.25) is 0 Å². The van der Waals surface area contributed by atoms with E-state index in [2.05, 4.69) is 20.8 Å². The fraction of sp³-hybridized carbons (Fsp3) is 0.962. The zero-order chi connectivity index (χ0) is 24.8. The maximum atomic E-state index is 12.5. The van der Waals surface area contributed by atoms with Crippen molar-refractivity contribution < 1.29 is 21.9 Å². The molecule has 1 unspecified atom stereocenters. The molecule has 1 atom stereocenters. The van der Waals surface area contributed by atoms with E-state index >= 15 is 0 Å². The Morgan fingerprint density at radius 1 is 0.697 bits per heavy atom. The molecule has 0 saturated carbocycles. The minimum absolute atomic E-state index is 0.303. The third kappa shape index (κ3) is 21.6. The maximum Gasteiger partial charge on any atom is 0.397 e. The quantitative estimate of drug-likeness (QED) is 0.112. The van der Waals surface area contributed by atoms with E-state index in [0.717, 1.165) is 90.1 Å². The molecule has 1 amide bonds. The number of carbonyl (C=O) groups is 1. The summed E-state index contributed by atoms with van der Waals surface area (Å²) in [7, 11) is -4.39. The Labute approximate surface area is 205 Å². The largest absolute Gasteiger partial charge is 0.397 e. The van der Waals surface area contributed by atoms with Gasteiger partial charge in [0.2, 0.25) is 5.91 Å². The van der Waals surface area contributed by atoms with E-state index in [1.807, 2.05) is 4.90 Å². The molecule has 33 heavy (non-hydrogen) atoms. The molecule has 0 aromatic heterocycles. The van der Waals surface area contributed by atoms with Gasteiger partial charge in [0.15, 0.2) is 0 Å². The molecule has 0 rings (SSSR count). The molecule has 0 spiro atoms. The molecular formula is C26H53NO5S. The van der Waals surface area contributed by atoms with E-state index in [4.69, 9.17) is 8.74 Å². The Morgan fingerprint density at radius 2 is 1.12 bits per heavy atom. The number of nitrogens with zero attached hydrogens (tertiary/aromatic N) is 1. The van der Waals surface area contributed by atoms with Crippen molar-refractivity contribution in [2.45, 2.75) is 149 Å². The number of rotatable bonds is 24. The van der Waals surface area contributed by atoms with Gasteiger partial charge in [-0.1, -0.05) is 104 Å². The number of unbranched alkanes of at least 4 members (excludes halogenated alkanes) is 12. The lowest BCUT2D eigenvalue weighted by Gasteiger charge is -2.22. The molecule has 0 fully saturated rings. The first-order chi connectivity index (χ1) is 15.8. The minimum atomic E-state index is -4.39. The van der Waals surface area contributed by atoms with Crippen LogP contribution < -0.4 is 0 Å². The van der Waals surface area contributed by atoms with Gasteiger partial charge in [0.05, 0.1) is 6.10 Å². The summed E-state index contributed by atoms with van der Waals surface area (Å²) >= 11 is 0. The van der Waals surface area contributed by atoms with Gasteiger partial charge in [0, 0.05) is 19.5 Å². The molecule has 0 aromatic carbocycles. The first-order valence-electron chi connectivity index (χ1n) is 13.8. The lowest BCUT2D eigenvalue weighted by atomic mass is 10.0. The van der Waals surface area contributed by atoms with Crippen LogP contribution in [0.25, 0.3) is 0 Å². The predicted octanol–water partition coefficient (Wildman–Crippen LogP) is 7.47. The molecule has 0 saturated heterocycles. The highest BCUT2D eigenvalue weighted by Gasteiger charge is 2.16. The van der Waals surface area contributed by atoms with Gasteiger partial charge in [0.1, 0.15) is 0 Å². The van der Waals surface area contributed by atoms with Gasteiger partial charge in [-0.3, -0.25) is 9.35 Å². The van der Waals surface area contributed by atoms with Gasteiger partial charge in [-0.05, 0) is 32.1 Å². The van der Waals surface area contributed by atoms with E-state index in [1.165, 1.54) is 25.7 Å². The van der Waals surface area contributed by atoms with Crippen molar-refractivity contribution in [3.8, 4) is 0 Å². The van der Waals surface area contributed by atoms with Crippen molar-refractivity contribution in [3.05, 3.63) is 0 Å². The Hall–Kier alpha value is -0.660. The Bertz CT molecular complexity index is 545. The molecule has 0 bridgehead atoms. The average Bonchev–Trinajstić information content (AvgIpc) is 2.76. The molecule has 6 nitrogen and oxygen atoms in total. The van der Waals surface area contributed by atoms with Crippen LogP contribution in [-0.4, -0.2) is 43.0 Å². The zero-order valence-corrected chi connectivity index (χ0v) is 22.7. The van der Waals surface area contributed by atoms with Crippen LogP contribution >= 0.6 is 0 Å². The maximum absolute atomic E-state index is 12.5.